The number of carbonyl (C=O) groups excluding carboxylic acids is 2. The van der Waals surface area contributed by atoms with E-state index in [9.17, 15) is 18.0 Å². The van der Waals surface area contributed by atoms with Gasteiger partial charge in [0.2, 0.25) is 21.8 Å². The Morgan fingerprint density at radius 3 is 2.13 bits per heavy atom. The van der Waals surface area contributed by atoms with Crippen LogP contribution in [0.2, 0.25) is 10.0 Å². The number of nitrogens with two attached hydrogens (primary N) is 1. The van der Waals surface area contributed by atoms with E-state index in [0.717, 1.165) is 6.42 Å². The Bertz CT molecular complexity index is 1010. The van der Waals surface area contributed by atoms with E-state index in [-0.39, 0.29) is 29.8 Å². The van der Waals surface area contributed by atoms with Crippen molar-refractivity contribution in [3.05, 3.63) is 52.5 Å². The molecule has 0 saturated carbocycles. The average Bonchev–Trinajstić information content (AvgIpc) is 2.64. The molecule has 0 aromatic heterocycles. The van der Waals surface area contributed by atoms with Gasteiger partial charge in [-0.05, 0) is 55.4 Å². The highest BCUT2D eigenvalue weighted by molar-refractivity contribution is 7.89. The number of anilines is 2. The number of primary sulfonamides is 1. The second-order valence-electron chi connectivity index (χ2n) is 6.50. The summed E-state index contributed by atoms with van der Waals surface area (Å²) in [5, 5.41) is 11.2. The van der Waals surface area contributed by atoms with Crippen molar-refractivity contribution in [1.29, 1.82) is 0 Å². The second-order valence-corrected chi connectivity index (χ2v) is 8.91. The summed E-state index contributed by atoms with van der Waals surface area (Å²) in [6, 6.07) is 10.2. The summed E-state index contributed by atoms with van der Waals surface area (Å²) in [7, 11) is -3.80. The maximum atomic E-state index is 12.4. The van der Waals surface area contributed by atoms with Crippen LogP contribution in [0.15, 0.2) is 47.4 Å². The fourth-order valence-electron chi connectivity index (χ4n) is 2.65. The van der Waals surface area contributed by atoms with Crippen molar-refractivity contribution >= 4 is 56.4 Å². The third-order valence-corrected chi connectivity index (χ3v) is 5.42. The lowest BCUT2D eigenvalue weighted by molar-refractivity contribution is -0.120. The molecule has 162 valence electrons. The molecule has 4 N–H and O–H groups in total. The normalized spacial score (nSPS) is 11.4. The fourth-order valence-corrected chi connectivity index (χ4v) is 3.62. The third kappa shape index (κ3) is 7.58. The number of halogens is 2. The maximum absolute atomic E-state index is 12.4. The van der Waals surface area contributed by atoms with Crippen LogP contribution in [-0.2, 0) is 19.6 Å². The minimum absolute atomic E-state index is 0.00935. The van der Waals surface area contributed by atoms with Crippen molar-refractivity contribution < 1.29 is 18.0 Å². The minimum Gasteiger partial charge on any atom is -0.325 e. The highest BCUT2D eigenvalue weighted by Crippen LogP contribution is 2.25. The van der Waals surface area contributed by atoms with E-state index in [1.807, 2.05) is 6.92 Å². The SMILES string of the molecule is CCCN(CC(=O)Nc1ccc(S(N)(=O)=O)cc1)CC(=O)Nc1ccc(Cl)cc1Cl. The van der Waals surface area contributed by atoms with Gasteiger partial charge < -0.3 is 10.6 Å². The first kappa shape index (κ1) is 24.1. The average molecular weight is 473 g/mol. The van der Waals surface area contributed by atoms with Gasteiger partial charge in [-0.15, -0.1) is 0 Å². The van der Waals surface area contributed by atoms with Crippen LogP contribution in [0, 0.1) is 0 Å². The molecular formula is C19H22Cl2N4O4S. The molecule has 8 nitrogen and oxygen atoms in total. The van der Waals surface area contributed by atoms with Crippen LogP contribution in [0.3, 0.4) is 0 Å². The first-order valence-corrected chi connectivity index (χ1v) is 11.3. The molecule has 0 unspecified atom stereocenters. The lowest BCUT2D eigenvalue weighted by atomic mass is 10.3. The van der Waals surface area contributed by atoms with Crippen molar-refractivity contribution in [1.82, 2.24) is 4.90 Å². The zero-order chi connectivity index (χ0) is 22.3. The van der Waals surface area contributed by atoms with E-state index >= 15 is 0 Å². The largest absolute Gasteiger partial charge is 0.325 e. The maximum Gasteiger partial charge on any atom is 0.238 e. The van der Waals surface area contributed by atoms with E-state index in [2.05, 4.69) is 10.6 Å². The van der Waals surface area contributed by atoms with Gasteiger partial charge in [-0.25, -0.2) is 13.6 Å². The van der Waals surface area contributed by atoms with E-state index in [0.29, 0.717) is 28.0 Å². The molecule has 0 aliphatic rings. The van der Waals surface area contributed by atoms with Gasteiger partial charge in [-0.3, -0.25) is 14.5 Å². The number of hydrogen-bond donors (Lipinski definition) is 3. The summed E-state index contributed by atoms with van der Waals surface area (Å²) in [4.78, 5) is 26.3. The number of sulfonamides is 1. The lowest BCUT2D eigenvalue weighted by Gasteiger charge is -2.21. The van der Waals surface area contributed by atoms with Gasteiger partial charge in [0.25, 0.3) is 0 Å². The highest BCUT2D eigenvalue weighted by Gasteiger charge is 2.16. The molecule has 2 rings (SSSR count). The van der Waals surface area contributed by atoms with Crippen LogP contribution in [0.1, 0.15) is 13.3 Å². The fraction of sp³-hybridized carbons (Fsp3) is 0.263. The van der Waals surface area contributed by atoms with E-state index in [4.69, 9.17) is 28.3 Å². The number of hydrogen-bond acceptors (Lipinski definition) is 5. The number of amides is 2. The quantitative estimate of drug-likeness (QED) is 0.517. The van der Waals surface area contributed by atoms with Gasteiger partial charge in [0.1, 0.15) is 0 Å². The molecule has 0 aliphatic carbocycles. The molecule has 0 fully saturated rings. The lowest BCUT2D eigenvalue weighted by Crippen LogP contribution is -2.39. The van der Waals surface area contributed by atoms with Crippen molar-refractivity contribution in [2.45, 2.75) is 18.2 Å². The monoisotopic (exact) mass is 472 g/mol. The van der Waals surface area contributed by atoms with Gasteiger partial charge >= 0.3 is 0 Å². The summed E-state index contributed by atoms with van der Waals surface area (Å²) in [6.07, 6.45) is 0.741. The number of carbonyl (C=O) groups is 2. The van der Waals surface area contributed by atoms with E-state index in [1.165, 1.54) is 30.3 Å². The topological polar surface area (TPSA) is 122 Å². The van der Waals surface area contributed by atoms with Crippen LogP contribution in [0.4, 0.5) is 11.4 Å². The number of rotatable bonds is 9. The molecule has 0 radical (unpaired) electrons. The third-order valence-electron chi connectivity index (χ3n) is 3.95. The summed E-state index contributed by atoms with van der Waals surface area (Å²) in [5.41, 5.74) is 0.850. The van der Waals surface area contributed by atoms with E-state index < -0.39 is 10.0 Å². The Labute approximate surface area is 185 Å². The molecule has 0 heterocycles. The summed E-state index contributed by atoms with van der Waals surface area (Å²) in [6.45, 7) is 2.43. The Morgan fingerprint density at radius 1 is 1.00 bits per heavy atom. The van der Waals surface area contributed by atoms with Crippen LogP contribution < -0.4 is 15.8 Å². The van der Waals surface area contributed by atoms with Crippen LogP contribution >= 0.6 is 23.2 Å². The molecule has 0 spiro atoms. The zero-order valence-corrected chi connectivity index (χ0v) is 18.5. The Balaban J connectivity index is 1.95. The van der Waals surface area contributed by atoms with Gasteiger partial charge in [0.15, 0.2) is 0 Å². The summed E-state index contributed by atoms with van der Waals surface area (Å²) in [5.74, 6) is -0.665. The minimum atomic E-state index is -3.80. The molecule has 2 aromatic rings. The van der Waals surface area contributed by atoms with Crippen molar-refractivity contribution in [2.75, 3.05) is 30.3 Å². The molecule has 30 heavy (non-hydrogen) atoms. The smallest absolute Gasteiger partial charge is 0.238 e. The molecule has 0 bridgehead atoms. The molecule has 0 saturated heterocycles. The van der Waals surface area contributed by atoms with Crippen molar-refractivity contribution in [2.24, 2.45) is 5.14 Å². The van der Waals surface area contributed by atoms with Gasteiger partial charge in [-0.1, -0.05) is 30.1 Å². The highest BCUT2D eigenvalue weighted by atomic mass is 35.5. The Hall–Kier alpha value is -2.17. The van der Waals surface area contributed by atoms with Gasteiger partial charge in [0, 0.05) is 10.7 Å². The zero-order valence-electron chi connectivity index (χ0n) is 16.2. The molecular weight excluding hydrogens is 451 g/mol. The molecule has 2 amide bonds. The van der Waals surface area contributed by atoms with Gasteiger partial charge in [0.05, 0.1) is 28.7 Å². The van der Waals surface area contributed by atoms with Crippen LogP contribution in [0.25, 0.3) is 0 Å². The van der Waals surface area contributed by atoms with Crippen molar-refractivity contribution in [3.8, 4) is 0 Å². The Morgan fingerprint density at radius 2 is 1.60 bits per heavy atom. The predicted molar refractivity (Wildman–Crippen MR) is 118 cm³/mol. The van der Waals surface area contributed by atoms with Crippen LogP contribution in [0.5, 0.6) is 0 Å². The van der Waals surface area contributed by atoms with Crippen LogP contribution in [-0.4, -0.2) is 44.8 Å². The number of benzene rings is 2. The van der Waals surface area contributed by atoms with E-state index in [1.54, 1.807) is 17.0 Å². The predicted octanol–water partition coefficient (Wildman–Crippen LogP) is 2.93. The standard InChI is InChI=1S/C19H22Cl2N4O4S/c1-2-9-25(12-19(27)24-17-8-3-13(20)10-16(17)21)11-18(26)23-14-4-6-15(7-5-14)30(22,28)29/h3-8,10H,2,9,11-12H2,1H3,(H,23,26)(H,24,27)(H2,22,28,29). The molecule has 0 atom stereocenters. The number of nitrogens with zero attached hydrogens (tertiary/aromatic N) is 1. The number of nitrogens with one attached hydrogen (secondary N) is 2. The van der Waals surface area contributed by atoms with Gasteiger partial charge in [-0.2, -0.15) is 0 Å². The second kappa shape index (κ2) is 10.7. The van der Waals surface area contributed by atoms with Crippen molar-refractivity contribution in [3.63, 3.8) is 0 Å². The molecule has 11 heteroatoms. The first-order chi connectivity index (χ1) is 14.1. The molecule has 2 aromatic carbocycles. The Kier molecular flexibility index (Phi) is 8.63. The summed E-state index contributed by atoms with van der Waals surface area (Å²) < 4.78 is 22.6. The summed E-state index contributed by atoms with van der Waals surface area (Å²) >= 11 is 11.9. The molecule has 0 aliphatic heterocycles. The first-order valence-electron chi connectivity index (χ1n) is 8.98.